The molecule has 9 heteroatoms. The van der Waals surface area contributed by atoms with Crippen molar-refractivity contribution in [3.05, 3.63) is 52.7 Å². The van der Waals surface area contributed by atoms with E-state index in [2.05, 4.69) is 32.7 Å². The number of hydrogen-bond donors (Lipinski definition) is 2. The highest BCUT2D eigenvalue weighted by Crippen LogP contribution is 2.21. The van der Waals surface area contributed by atoms with Gasteiger partial charge in [0.1, 0.15) is 17.4 Å². The third-order valence-electron chi connectivity index (χ3n) is 4.00. The average Bonchev–Trinajstić information content (AvgIpc) is 2.73. The van der Waals surface area contributed by atoms with Crippen molar-refractivity contribution in [3.63, 3.8) is 0 Å². The number of halogens is 2. The Morgan fingerprint density at radius 3 is 2.70 bits per heavy atom. The summed E-state index contributed by atoms with van der Waals surface area (Å²) in [4.78, 5) is 8.33. The van der Waals surface area contributed by atoms with Crippen LogP contribution in [0, 0.1) is 6.92 Å². The number of aliphatic imine (C=N–C) groups is 1. The fourth-order valence-electron chi connectivity index (χ4n) is 2.52. The molecule has 0 aliphatic carbocycles. The van der Waals surface area contributed by atoms with Crippen molar-refractivity contribution in [2.75, 3.05) is 40.5 Å². The number of guanidine groups is 1. The topological polar surface area (TPSA) is 77.0 Å². The van der Waals surface area contributed by atoms with Gasteiger partial charge in [-0.1, -0.05) is 23.7 Å². The Balaban J connectivity index is 0.00000450. The molecule has 0 unspecified atom stereocenters. The predicted octanol–water partition coefficient (Wildman–Crippen LogP) is 3.82. The maximum atomic E-state index is 6.03. The number of methoxy groups -OCH3 is 1. The summed E-state index contributed by atoms with van der Waals surface area (Å²) in [5.74, 6) is 1.97. The first-order chi connectivity index (χ1) is 14.1. The fraction of sp³-hybridized carbons (Fsp3) is 0.429. The Morgan fingerprint density at radius 2 is 1.97 bits per heavy atom. The molecule has 1 aromatic carbocycles. The molecule has 30 heavy (non-hydrogen) atoms. The van der Waals surface area contributed by atoms with E-state index in [1.54, 1.807) is 32.5 Å². The molecule has 0 fully saturated rings. The van der Waals surface area contributed by atoms with E-state index in [1.807, 2.05) is 13.0 Å². The summed E-state index contributed by atoms with van der Waals surface area (Å²) < 4.78 is 16.6. The minimum Gasteiger partial charge on any atom is -0.493 e. The van der Waals surface area contributed by atoms with Crippen molar-refractivity contribution in [2.45, 2.75) is 19.9 Å². The number of pyridine rings is 1. The van der Waals surface area contributed by atoms with Crippen LogP contribution in [0.2, 0.25) is 5.02 Å². The molecular formula is C21H30ClIN4O3. The zero-order valence-electron chi connectivity index (χ0n) is 17.6. The van der Waals surface area contributed by atoms with E-state index in [1.165, 1.54) is 0 Å². The number of ether oxygens (including phenoxy) is 3. The zero-order chi connectivity index (χ0) is 20.9. The molecule has 0 bridgehead atoms. The third-order valence-corrected chi connectivity index (χ3v) is 4.29. The van der Waals surface area contributed by atoms with Crippen LogP contribution < -0.4 is 20.1 Å². The molecule has 2 N–H and O–H groups in total. The molecular weight excluding hydrogens is 519 g/mol. The van der Waals surface area contributed by atoms with Crippen molar-refractivity contribution in [1.82, 2.24) is 15.6 Å². The highest BCUT2D eigenvalue weighted by Gasteiger charge is 2.07. The number of hydrogen-bond acceptors (Lipinski definition) is 5. The van der Waals surface area contributed by atoms with E-state index in [9.17, 15) is 0 Å². The molecule has 0 radical (unpaired) electrons. The predicted molar refractivity (Wildman–Crippen MR) is 132 cm³/mol. The van der Waals surface area contributed by atoms with Crippen molar-refractivity contribution >= 4 is 41.5 Å². The Bertz CT molecular complexity index is 793. The molecule has 2 rings (SSSR count). The number of rotatable bonds is 11. The standard InChI is InChI=1S/C21H29ClN4O3.HI/c1-16-7-8-17(19(14-16)28-12-5-11-27-3)15-26-21(23-2)25-10-13-29-20-18(22)6-4-9-24-20;/h4,6-9,14H,5,10-13,15H2,1-3H3,(H2,23,25,26);1H. The SMILES string of the molecule is CN=C(NCCOc1ncccc1Cl)NCc1ccc(C)cc1OCCCOC.I. The van der Waals surface area contributed by atoms with Gasteiger partial charge in [-0.2, -0.15) is 0 Å². The molecule has 2 aromatic rings. The van der Waals surface area contributed by atoms with Crippen LogP contribution in [0.3, 0.4) is 0 Å². The lowest BCUT2D eigenvalue weighted by Gasteiger charge is -2.15. The smallest absolute Gasteiger partial charge is 0.232 e. The highest BCUT2D eigenvalue weighted by molar-refractivity contribution is 14.0. The quantitative estimate of drug-likeness (QED) is 0.192. The Morgan fingerprint density at radius 1 is 1.13 bits per heavy atom. The second kappa shape index (κ2) is 15.1. The van der Waals surface area contributed by atoms with Gasteiger partial charge in [0.05, 0.1) is 13.2 Å². The van der Waals surface area contributed by atoms with Gasteiger partial charge in [-0.05, 0) is 30.7 Å². The molecule has 0 saturated carbocycles. The second-order valence-corrected chi connectivity index (χ2v) is 6.70. The Hall–Kier alpha value is -1.78. The first kappa shape index (κ1) is 26.3. The van der Waals surface area contributed by atoms with Gasteiger partial charge in [0.2, 0.25) is 5.88 Å². The van der Waals surface area contributed by atoms with E-state index in [-0.39, 0.29) is 24.0 Å². The van der Waals surface area contributed by atoms with Gasteiger partial charge in [-0.3, -0.25) is 4.99 Å². The van der Waals surface area contributed by atoms with E-state index >= 15 is 0 Å². The minimum absolute atomic E-state index is 0. The molecule has 0 amide bonds. The van der Waals surface area contributed by atoms with Crippen LogP contribution in [0.25, 0.3) is 0 Å². The van der Waals surface area contributed by atoms with Crippen LogP contribution in [-0.2, 0) is 11.3 Å². The maximum absolute atomic E-state index is 6.03. The van der Waals surface area contributed by atoms with Crippen LogP contribution in [0.1, 0.15) is 17.5 Å². The van der Waals surface area contributed by atoms with Gasteiger partial charge < -0.3 is 24.8 Å². The van der Waals surface area contributed by atoms with Gasteiger partial charge in [-0.15, -0.1) is 24.0 Å². The van der Waals surface area contributed by atoms with Gasteiger partial charge in [0.15, 0.2) is 5.96 Å². The van der Waals surface area contributed by atoms with Gasteiger partial charge in [-0.25, -0.2) is 4.98 Å². The summed E-state index contributed by atoms with van der Waals surface area (Å²) in [6.45, 7) is 4.91. The molecule has 0 atom stereocenters. The normalized spacial score (nSPS) is 10.9. The van der Waals surface area contributed by atoms with Crippen molar-refractivity contribution in [3.8, 4) is 11.6 Å². The summed E-state index contributed by atoms with van der Waals surface area (Å²) in [7, 11) is 3.42. The summed E-state index contributed by atoms with van der Waals surface area (Å²) in [6.07, 6.45) is 2.49. The molecule has 0 spiro atoms. The van der Waals surface area contributed by atoms with Crippen LogP contribution in [0.5, 0.6) is 11.6 Å². The monoisotopic (exact) mass is 548 g/mol. The maximum Gasteiger partial charge on any atom is 0.232 e. The van der Waals surface area contributed by atoms with Crippen LogP contribution >= 0.6 is 35.6 Å². The summed E-state index contributed by atoms with van der Waals surface area (Å²) in [5, 5.41) is 6.99. The Labute approximate surface area is 200 Å². The van der Waals surface area contributed by atoms with Crippen molar-refractivity contribution in [1.29, 1.82) is 0 Å². The van der Waals surface area contributed by atoms with Crippen molar-refractivity contribution in [2.24, 2.45) is 4.99 Å². The van der Waals surface area contributed by atoms with Gasteiger partial charge >= 0.3 is 0 Å². The van der Waals surface area contributed by atoms with Gasteiger partial charge in [0.25, 0.3) is 0 Å². The van der Waals surface area contributed by atoms with Crippen molar-refractivity contribution < 1.29 is 14.2 Å². The lowest BCUT2D eigenvalue weighted by atomic mass is 10.1. The zero-order valence-corrected chi connectivity index (χ0v) is 20.7. The summed E-state index contributed by atoms with van der Waals surface area (Å²) in [5.41, 5.74) is 2.22. The largest absolute Gasteiger partial charge is 0.493 e. The van der Waals surface area contributed by atoms with E-state index in [4.69, 9.17) is 25.8 Å². The van der Waals surface area contributed by atoms with Crippen LogP contribution in [0.15, 0.2) is 41.5 Å². The van der Waals surface area contributed by atoms with E-state index < -0.39 is 0 Å². The molecule has 1 heterocycles. The Kier molecular flexibility index (Phi) is 13.2. The van der Waals surface area contributed by atoms with Crippen LogP contribution in [0.4, 0.5) is 0 Å². The summed E-state index contributed by atoms with van der Waals surface area (Å²) >= 11 is 6.03. The van der Waals surface area contributed by atoms with Gasteiger partial charge in [0, 0.05) is 45.5 Å². The minimum atomic E-state index is 0. The van der Waals surface area contributed by atoms with E-state index in [0.29, 0.717) is 49.8 Å². The number of nitrogens with zero attached hydrogens (tertiary/aromatic N) is 2. The number of aromatic nitrogens is 1. The molecule has 0 aliphatic rings. The second-order valence-electron chi connectivity index (χ2n) is 6.30. The highest BCUT2D eigenvalue weighted by atomic mass is 127. The molecule has 1 aromatic heterocycles. The summed E-state index contributed by atoms with van der Waals surface area (Å²) in [6, 6.07) is 9.69. The molecule has 166 valence electrons. The molecule has 7 nitrogen and oxygen atoms in total. The number of benzene rings is 1. The average molecular weight is 549 g/mol. The van der Waals surface area contributed by atoms with Crippen LogP contribution in [-0.4, -0.2) is 51.5 Å². The first-order valence-corrected chi connectivity index (χ1v) is 9.91. The lowest BCUT2D eigenvalue weighted by Crippen LogP contribution is -2.39. The number of nitrogens with one attached hydrogen (secondary N) is 2. The fourth-order valence-corrected chi connectivity index (χ4v) is 2.70. The number of aryl methyl sites for hydroxylation is 1. The van der Waals surface area contributed by atoms with E-state index in [0.717, 1.165) is 23.3 Å². The molecule has 0 aliphatic heterocycles. The first-order valence-electron chi connectivity index (χ1n) is 9.53. The third kappa shape index (κ3) is 9.36. The molecule has 0 saturated heterocycles. The lowest BCUT2D eigenvalue weighted by molar-refractivity contribution is 0.171.